The van der Waals surface area contributed by atoms with Gasteiger partial charge in [0.05, 0.1) is 5.69 Å². The fourth-order valence-electron chi connectivity index (χ4n) is 2.16. The molecule has 1 aromatic rings. The van der Waals surface area contributed by atoms with Crippen LogP contribution in [0, 0.1) is 5.92 Å². The summed E-state index contributed by atoms with van der Waals surface area (Å²) in [6.45, 7) is 13.0. The van der Waals surface area contributed by atoms with Crippen LogP contribution in [-0.4, -0.2) is 48.4 Å². The van der Waals surface area contributed by atoms with Gasteiger partial charge in [-0.1, -0.05) is 27.7 Å². The maximum atomic E-state index is 12.6. The van der Waals surface area contributed by atoms with Crippen molar-refractivity contribution < 1.29 is 4.79 Å². The third kappa shape index (κ3) is 4.80. The largest absolute Gasteiger partial charge is 0.397 e. The summed E-state index contributed by atoms with van der Waals surface area (Å²) >= 11 is 1.43. The molecule has 4 nitrogen and oxygen atoms in total. The number of nitrogens with two attached hydrogens (primary N) is 1. The molecular formula is C15H27N3OS. The van der Waals surface area contributed by atoms with E-state index in [1.165, 1.54) is 11.3 Å². The lowest BCUT2D eigenvalue weighted by molar-refractivity contribution is 0.0722. The van der Waals surface area contributed by atoms with E-state index < -0.39 is 0 Å². The van der Waals surface area contributed by atoms with E-state index in [0.717, 1.165) is 32.7 Å². The Hall–Kier alpha value is -1.07. The van der Waals surface area contributed by atoms with Crippen molar-refractivity contribution in [3.8, 4) is 0 Å². The Balaban J connectivity index is 2.73. The van der Waals surface area contributed by atoms with Crippen molar-refractivity contribution in [3.63, 3.8) is 0 Å². The summed E-state index contributed by atoms with van der Waals surface area (Å²) in [6, 6.07) is 1.80. The van der Waals surface area contributed by atoms with Crippen LogP contribution < -0.4 is 5.73 Å². The molecule has 0 aliphatic rings. The fourth-order valence-corrected chi connectivity index (χ4v) is 2.94. The number of carbonyl (C=O) groups excluding carboxylic acids is 1. The highest BCUT2D eigenvalue weighted by atomic mass is 32.1. The van der Waals surface area contributed by atoms with Gasteiger partial charge in [0.1, 0.15) is 4.88 Å². The lowest BCUT2D eigenvalue weighted by Crippen LogP contribution is -2.40. The van der Waals surface area contributed by atoms with Crippen molar-refractivity contribution in [1.82, 2.24) is 9.80 Å². The molecule has 0 saturated heterocycles. The second-order valence-electron chi connectivity index (χ2n) is 5.38. The predicted molar refractivity (Wildman–Crippen MR) is 87.3 cm³/mol. The molecule has 0 aromatic carbocycles. The van der Waals surface area contributed by atoms with Crippen molar-refractivity contribution in [3.05, 3.63) is 16.3 Å². The molecule has 1 rings (SSSR count). The number of hydrogen-bond donors (Lipinski definition) is 1. The number of rotatable bonds is 8. The van der Waals surface area contributed by atoms with Crippen LogP contribution in [0.2, 0.25) is 0 Å². The Morgan fingerprint density at radius 2 is 1.95 bits per heavy atom. The molecule has 0 bridgehead atoms. The van der Waals surface area contributed by atoms with Crippen molar-refractivity contribution in [1.29, 1.82) is 0 Å². The number of thiophene rings is 1. The third-order valence-electron chi connectivity index (χ3n) is 3.34. The smallest absolute Gasteiger partial charge is 0.266 e. The number of anilines is 1. The van der Waals surface area contributed by atoms with Crippen molar-refractivity contribution in [2.45, 2.75) is 27.7 Å². The Morgan fingerprint density at radius 1 is 1.30 bits per heavy atom. The number of hydrogen-bond acceptors (Lipinski definition) is 4. The van der Waals surface area contributed by atoms with Gasteiger partial charge >= 0.3 is 0 Å². The van der Waals surface area contributed by atoms with Gasteiger partial charge in [-0.3, -0.25) is 4.79 Å². The van der Waals surface area contributed by atoms with E-state index in [1.54, 1.807) is 6.07 Å². The van der Waals surface area contributed by atoms with Crippen LogP contribution in [0.25, 0.3) is 0 Å². The lowest BCUT2D eigenvalue weighted by atomic mass is 10.2. The van der Waals surface area contributed by atoms with Gasteiger partial charge in [0.2, 0.25) is 0 Å². The number of amides is 1. The summed E-state index contributed by atoms with van der Waals surface area (Å²) in [5, 5.41) is 1.88. The van der Waals surface area contributed by atoms with Crippen LogP contribution in [0.4, 0.5) is 5.69 Å². The molecule has 0 spiro atoms. The molecule has 1 aromatic heterocycles. The number of nitrogen functional groups attached to an aromatic ring is 1. The molecule has 0 saturated carbocycles. The third-order valence-corrected chi connectivity index (χ3v) is 4.26. The van der Waals surface area contributed by atoms with Gasteiger partial charge in [-0.2, -0.15) is 0 Å². The van der Waals surface area contributed by atoms with Crippen LogP contribution in [0.5, 0.6) is 0 Å². The summed E-state index contributed by atoms with van der Waals surface area (Å²) in [7, 11) is 0. The Kier molecular flexibility index (Phi) is 7.02. The molecule has 2 N–H and O–H groups in total. The van der Waals surface area contributed by atoms with Crippen LogP contribution >= 0.6 is 11.3 Å². The molecule has 5 heteroatoms. The molecule has 0 fully saturated rings. The van der Waals surface area contributed by atoms with Crippen LogP contribution in [-0.2, 0) is 0 Å². The molecule has 114 valence electrons. The maximum absolute atomic E-state index is 12.6. The summed E-state index contributed by atoms with van der Waals surface area (Å²) < 4.78 is 0. The zero-order valence-electron chi connectivity index (χ0n) is 13.1. The van der Waals surface area contributed by atoms with Gasteiger partial charge < -0.3 is 15.5 Å². The van der Waals surface area contributed by atoms with Gasteiger partial charge in [0.15, 0.2) is 0 Å². The molecule has 0 unspecified atom stereocenters. The minimum atomic E-state index is 0.0679. The maximum Gasteiger partial charge on any atom is 0.266 e. The first-order valence-corrected chi connectivity index (χ1v) is 8.22. The average molecular weight is 297 g/mol. The number of likely N-dealkylation sites (N-methyl/N-ethyl adjacent to an activating group) is 1. The Labute approximate surface area is 126 Å². The van der Waals surface area contributed by atoms with E-state index in [9.17, 15) is 4.79 Å². The Morgan fingerprint density at radius 3 is 2.40 bits per heavy atom. The standard InChI is InChI=1S/C15H27N3OS/c1-5-17(6-2)8-9-18(11-12(3)4)15(19)14-13(16)7-10-20-14/h7,10,12H,5-6,8-9,11,16H2,1-4H3. The van der Waals surface area contributed by atoms with Gasteiger partial charge in [0.25, 0.3) is 5.91 Å². The van der Waals surface area contributed by atoms with E-state index in [2.05, 4.69) is 32.6 Å². The predicted octanol–water partition coefficient (Wildman–Crippen LogP) is 2.77. The summed E-state index contributed by atoms with van der Waals surface area (Å²) in [6.07, 6.45) is 0. The average Bonchev–Trinajstić information content (AvgIpc) is 2.83. The lowest BCUT2D eigenvalue weighted by Gasteiger charge is -2.27. The second-order valence-corrected chi connectivity index (χ2v) is 6.29. The minimum Gasteiger partial charge on any atom is -0.397 e. The molecule has 0 atom stereocenters. The highest BCUT2D eigenvalue weighted by molar-refractivity contribution is 7.12. The monoisotopic (exact) mass is 297 g/mol. The molecule has 1 heterocycles. The quantitative estimate of drug-likeness (QED) is 0.802. The fraction of sp³-hybridized carbons (Fsp3) is 0.667. The van der Waals surface area contributed by atoms with E-state index in [1.807, 2.05) is 10.3 Å². The molecule has 0 aliphatic heterocycles. The van der Waals surface area contributed by atoms with E-state index in [0.29, 0.717) is 16.5 Å². The summed E-state index contributed by atoms with van der Waals surface area (Å²) in [5.74, 6) is 0.523. The highest BCUT2D eigenvalue weighted by Crippen LogP contribution is 2.21. The van der Waals surface area contributed by atoms with Crippen LogP contribution in [0.15, 0.2) is 11.4 Å². The highest BCUT2D eigenvalue weighted by Gasteiger charge is 2.20. The van der Waals surface area contributed by atoms with Gasteiger partial charge in [0, 0.05) is 19.6 Å². The molecule has 20 heavy (non-hydrogen) atoms. The first-order valence-electron chi connectivity index (χ1n) is 7.34. The zero-order valence-corrected chi connectivity index (χ0v) is 13.9. The van der Waals surface area contributed by atoms with E-state index in [4.69, 9.17) is 5.73 Å². The normalized spacial score (nSPS) is 11.3. The summed E-state index contributed by atoms with van der Waals surface area (Å²) in [5.41, 5.74) is 6.46. The van der Waals surface area contributed by atoms with Gasteiger partial charge in [-0.05, 0) is 30.5 Å². The topological polar surface area (TPSA) is 49.6 Å². The van der Waals surface area contributed by atoms with Gasteiger partial charge in [-0.15, -0.1) is 11.3 Å². The van der Waals surface area contributed by atoms with Gasteiger partial charge in [-0.25, -0.2) is 0 Å². The molecular weight excluding hydrogens is 270 g/mol. The van der Waals surface area contributed by atoms with Crippen molar-refractivity contribution in [2.75, 3.05) is 38.5 Å². The molecule has 0 aliphatic carbocycles. The SMILES string of the molecule is CCN(CC)CCN(CC(C)C)C(=O)c1sccc1N. The van der Waals surface area contributed by atoms with Crippen LogP contribution in [0.3, 0.4) is 0 Å². The van der Waals surface area contributed by atoms with Crippen LogP contribution in [0.1, 0.15) is 37.4 Å². The summed E-state index contributed by atoms with van der Waals surface area (Å²) in [4.78, 5) is 17.5. The van der Waals surface area contributed by atoms with E-state index >= 15 is 0 Å². The first kappa shape index (κ1) is 17.0. The minimum absolute atomic E-state index is 0.0679. The second kappa shape index (κ2) is 8.27. The Bertz CT molecular complexity index is 413. The molecule has 1 amide bonds. The molecule has 0 radical (unpaired) electrons. The number of carbonyl (C=O) groups is 1. The van der Waals surface area contributed by atoms with Crippen molar-refractivity contribution >= 4 is 22.9 Å². The van der Waals surface area contributed by atoms with Crippen molar-refractivity contribution in [2.24, 2.45) is 5.92 Å². The number of nitrogens with zero attached hydrogens (tertiary/aromatic N) is 2. The van der Waals surface area contributed by atoms with E-state index in [-0.39, 0.29) is 5.91 Å². The first-order chi connectivity index (χ1) is 9.49. The zero-order chi connectivity index (χ0) is 15.1.